The minimum Gasteiger partial charge on any atom is -0.461 e. The third-order valence-electron chi connectivity index (χ3n) is 2.00. The molecule has 1 rings (SSSR count). The lowest BCUT2D eigenvalue weighted by molar-refractivity contribution is -0.141. The Kier molecular flexibility index (Phi) is 5.65. The van der Waals surface area contributed by atoms with Gasteiger partial charge < -0.3 is 4.74 Å². The summed E-state index contributed by atoms with van der Waals surface area (Å²) >= 11 is 5.74. The Bertz CT molecular complexity index is 355. The van der Waals surface area contributed by atoms with E-state index in [2.05, 4.69) is 0 Å². The highest BCUT2D eigenvalue weighted by atomic mass is 35.5. The molecule has 0 aliphatic heterocycles. The van der Waals surface area contributed by atoms with Crippen LogP contribution < -0.4 is 0 Å². The molecule has 1 aromatic carbocycles. The van der Waals surface area contributed by atoms with E-state index in [9.17, 15) is 4.79 Å². The van der Waals surface area contributed by atoms with Gasteiger partial charge in [-0.15, -0.1) is 0 Å². The maximum Gasteiger partial charge on any atom is 0.310 e. The predicted molar refractivity (Wildman–Crippen MR) is 65.5 cm³/mol. The van der Waals surface area contributed by atoms with Gasteiger partial charge >= 0.3 is 5.97 Å². The number of allylic oxidation sites excluding steroid dienone is 1. The van der Waals surface area contributed by atoms with E-state index in [-0.39, 0.29) is 12.4 Å². The van der Waals surface area contributed by atoms with Gasteiger partial charge in [0.25, 0.3) is 0 Å². The average molecular weight is 239 g/mol. The molecular weight excluding hydrogens is 224 g/mol. The van der Waals surface area contributed by atoms with Crippen molar-refractivity contribution in [3.63, 3.8) is 0 Å². The van der Waals surface area contributed by atoms with Crippen molar-refractivity contribution in [1.82, 2.24) is 0 Å². The van der Waals surface area contributed by atoms with Crippen LogP contribution in [0.1, 0.15) is 18.9 Å². The number of rotatable bonds is 5. The third-order valence-corrected chi connectivity index (χ3v) is 2.26. The van der Waals surface area contributed by atoms with Gasteiger partial charge in [-0.1, -0.05) is 42.8 Å². The molecule has 3 heteroatoms. The summed E-state index contributed by atoms with van der Waals surface area (Å²) in [7, 11) is 0. The molecule has 0 saturated carbocycles. The Labute approximate surface area is 101 Å². The van der Waals surface area contributed by atoms with Crippen LogP contribution in [0.25, 0.3) is 0 Å². The van der Waals surface area contributed by atoms with Gasteiger partial charge in [-0.25, -0.2) is 0 Å². The lowest BCUT2D eigenvalue weighted by Crippen LogP contribution is -2.07. The molecule has 0 bridgehead atoms. The van der Waals surface area contributed by atoms with Gasteiger partial charge in [0.2, 0.25) is 0 Å². The van der Waals surface area contributed by atoms with Crippen LogP contribution in [0.3, 0.4) is 0 Å². The normalized spacial score (nSPS) is 10.6. The first-order chi connectivity index (χ1) is 7.72. The minimum absolute atomic E-state index is 0.219. The fourth-order valence-electron chi connectivity index (χ4n) is 1.20. The standard InChI is InChI=1S/C13H15ClO2/c1-2-3-4-9-16-13(15)10-11-5-7-12(14)8-6-11/h3-8H,2,9-10H2,1H3/b4-3+. The number of hydrogen-bond donors (Lipinski definition) is 0. The Morgan fingerprint density at radius 3 is 2.62 bits per heavy atom. The van der Waals surface area contributed by atoms with Crippen LogP contribution in [0.15, 0.2) is 36.4 Å². The van der Waals surface area contributed by atoms with E-state index in [1.807, 2.05) is 31.2 Å². The van der Waals surface area contributed by atoms with Crippen LogP contribution in [0.4, 0.5) is 0 Å². The summed E-state index contributed by atoms with van der Waals surface area (Å²) in [5.41, 5.74) is 0.911. The van der Waals surface area contributed by atoms with E-state index in [0.717, 1.165) is 12.0 Å². The zero-order valence-corrected chi connectivity index (χ0v) is 10.0. The second-order valence-corrected chi connectivity index (χ2v) is 3.80. The van der Waals surface area contributed by atoms with Crippen LogP contribution in [0.2, 0.25) is 5.02 Å². The second kappa shape index (κ2) is 7.07. The molecule has 0 unspecified atom stereocenters. The number of carbonyl (C=O) groups is 1. The molecule has 0 N–H and O–H groups in total. The molecule has 0 spiro atoms. The summed E-state index contributed by atoms with van der Waals surface area (Å²) in [5, 5.41) is 0.669. The second-order valence-electron chi connectivity index (χ2n) is 3.37. The summed E-state index contributed by atoms with van der Waals surface area (Å²) in [5.74, 6) is -0.219. The highest BCUT2D eigenvalue weighted by Gasteiger charge is 2.03. The van der Waals surface area contributed by atoms with Crippen molar-refractivity contribution in [3.05, 3.63) is 47.0 Å². The molecule has 16 heavy (non-hydrogen) atoms. The minimum atomic E-state index is -0.219. The average Bonchev–Trinajstić information content (AvgIpc) is 2.28. The smallest absolute Gasteiger partial charge is 0.310 e. The van der Waals surface area contributed by atoms with Crippen molar-refractivity contribution >= 4 is 17.6 Å². The molecule has 0 amide bonds. The maximum atomic E-state index is 11.4. The summed E-state index contributed by atoms with van der Waals surface area (Å²) in [6.07, 6.45) is 5.06. The molecule has 0 aromatic heterocycles. The van der Waals surface area contributed by atoms with E-state index in [4.69, 9.17) is 16.3 Å². The fraction of sp³-hybridized carbons (Fsp3) is 0.308. The Hall–Kier alpha value is -1.28. The molecule has 0 aliphatic rings. The molecule has 0 saturated heterocycles. The third kappa shape index (κ3) is 4.99. The number of esters is 1. The lowest BCUT2D eigenvalue weighted by atomic mass is 10.1. The van der Waals surface area contributed by atoms with E-state index >= 15 is 0 Å². The van der Waals surface area contributed by atoms with Crippen LogP contribution in [-0.2, 0) is 16.0 Å². The van der Waals surface area contributed by atoms with Crippen molar-refractivity contribution in [2.24, 2.45) is 0 Å². The molecule has 0 radical (unpaired) electrons. The maximum absolute atomic E-state index is 11.4. The van der Waals surface area contributed by atoms with Crippen molar-refractivity contribution in [3.8, 4) is 0 Å². The Morgan fingerprint density at radius 1 is 1.31 bits per heavy atom. The van der Waals surface area contributed by atoms with Crippen LogP contribution in [0, 0.1) is 0 Å². The van der Waals surface area contributed by atoms with Gasteiger partial charge in [0.1, 0.15) is 6.61 Å². The first-order valence-electron chi connectivity index (χ1n) is 5.27. The van der Waals surface area contributed by atoms with E-state index < -0.39 is 0 Å². The zero-order chi connectivity index (χ0) is 11.8. The van der Waals surface area contributed by atoms with Gasteiger partial charge in [0.05, 0.1) is 6.42 Å². The molecule has 1 aromatic rings. The number of carbonyl (C=O) groups excluding carboxylic acids is 1. The van der Waals surface area contributed by atoms with E-state index in [1.54, 1.807) is 12.1 Å². The monoisotopic (exact) mass is 238 g/mol. The summed E-state index contributed by atoms with van der Waals surface area (Å²) in [6, 6.07) is 7.18. The largest absolute Gasteiger partial charge is 0.461 e. The van der Waals surface area contributed by atoms with Crippen LogP contribution in [-0.4, -0.2) is 12.6 Å². The fourth-order valence-corrected chi connectivity index (χ4v) is 1.32. The van der Waals surface area contributed by atoms with Crippen molar-refractivity contribution < 1.29 is 9.53 Å². The Morgan fingerprint density at radius 2 is 2.00 bits per heavy atom. The summed E-state index contributed by atoms with van der Waals surface area (Å²) in [6.45, 7) is 2.38. The van der Waals surface area contributed by atoms with Gasteiger partial charge in [-0.05, 0) is 24.1 Å². The van der Waals surface area contributed by atoms with Crippen molar-refractivity contribution in [1.29, 1.82) is 0 Å². The molecule has 0 atom stereocenters. The van der Waals surface area contributed by atoms with Gasteiger partial charge in [0.15, 0.2) is 0 Å². The molecule has 2 nitrogen and oxygen atoms in total. The lowest BCUT2D eigenvalue weighted by Gasteiger charge is -2.02. The Balaban J connectivity index is 2.34. The van der Waals surface area contributed by atoms with E-state index in [0.29, 0.717) is 11.6 Å². The predicted octanol–water partition coefficient (Wildman–Crippen LogP) is 3.39. The SMILES string of the molecule is CC/C=C/COC(=O)Cc1ccc(Cl)cc1. The summed E-state index contributed by atoms with van der Waals surface area (Å²) in [4.78, 5) is 11.4. The highest BCUT2D eigenvalue weighted by Crippen LogP contribution is 2.10. The molecule has 0 aliphatic carbocycles. The molecule has 86 valence electrons. The zero-order valence-electron chi connectivity index (χ0n) is 9.28. The van der Waals surface area contributed by atoms with Crippen molar-refractivity contribution in [2.45, 2.75) is 19.8 Å². The van der Waals surface area contributed by atoms with Crippen LogP contribution in [0.5, 0.6) is 0 Å². The van der Waals surface area contributed by atoms with Crippen LogP contribution >= 0.6 is 11.6 Å². The topological polar surface area (TPSA) is 26.3 Å². The molecule has 0 heterocycles. The van der Waals surface area contributed by atoms with E-state index in [1.165, 1.54) is 0 Å². The summed E-state index contributed by atoms with van der Waals surface area (Å²) < 4.78 is 5.02. The van der Waals surface area contributed by atoms with Crippen molar-refractivity contribution in [2.75, 3.05) is 6.61 Å². The van der Waals surface area contributed by atoms with Gasteiger partial charge in [0, 0.05) is 5.02 Å². The quantitative estimate of drug-likeness (QED) is 0.581. The first kappa shape index (κ1) is 12.8. The number of halogens is 1. The molecular formula is C13H15ClO2. The number of ether oxygens (including phenoxy) is 1. The van der Waals surface area contributed by atoms with Gasteiger partial charge in [-0.2, -0.15) is 0 Å². The number of hydrogen-bond acceptors (Lipinski definition) is 2. The van der Waals surface area contributed by atoms with Gasteiger partial charge in [-0.3, -0.25) is 4.79 Å². The highest BCUT2D eigenvalue weighted by molar-refractivity contribution is 6.30. The number of benzene rings is 1. The first-order valence-corrected chi connectivity index (χ1v) is 5.65. The molecule has 0 fully saturated rings.